The highest BCUT2D eigenvalue weighted by Crippen LogP contribution is 2.31. The number of nitrogens with two attached hydrogens (primary N) is 1. The van der Waals surface area contributed by atoms with E-state index in [1.165, 1.54) is 4.90 Å². The van der Waals surface area contributed by atoms with Gasteiger partial charge >= 0.3 is 5.97 Å². The average molecular weight is 396 g/mol. The maximum absolute atomic E-state index is 12.9. The minimum absolute atomic E-state index is 0.216. The van der Waals surface area contributed by atoms with E-state index < -0.39 is 35.9 Å². The summed E-state index contributed by atoms with van der Waals surface area (Å²) in [6, 6.07) is 16.9. The zero-order valence-electron chi connectivity index (χ0n) is 16.0. The summed E-state index contributed by atoms with van der Waals surface area (Å²) in [5, 5.41) is 11.3. The maximum atomic E-state index is 12.9. The van der Waals surface area contributed by atoms with Crippen LogP contribution in [0.3, 0.4) is 0 Å². The van der Waals surface area contributed by atoms with E-state index in [1.54, 1.807) is 60.7 Å². The first kappa shape index (κ1) is 20.5. The van der Waals surface area contributed by atoms with E-state index in [4.69, 9.17) is 10.5 Å². The van der Waals surface area contributed by atoms with Crippen molar-refractivity contribution in [3.63, 3.8) is 0 Å². The van der Waals surface area contributed by atoms with Crippen molar-refractivity contribution in [1.29, 1.82) is 0 Å². The maximum Gasteiger partial charge on any atom is 0.348 e. The molecule has 1 heterocycles. The Balaban J connectivity index is 1.74. The van der Waals surface area contributed by atoms with Gasteiger partial charge in [-0.1, -0.05) is 60.7 Å². The molecule has 1 fully saturated rings. The van der Waals surface area contributed by atoms with Crippen molar-refractivity contribution >= 4 is 17.8 Å². The highest BCUT2D eigenvalue weighted by atomic mass is 16.6. The molecule has 0 aromatic heterocycles. The van der Waals surface area contributed by atoms with Gasteiger partial charge in [-0.2, -0.15) is 0 Å². The van der Waals surface area contributed by atoms with Crippen LogP contribution in [0.4, 0.5) is 0 Å². The number of nitrogens with zero attached hydrogens (tertiary/aromatic N) is 1. The first-order valence-corrected chi connectivity index (χ1v) is 9.50. The van der Waals surface area contributed by atoms with Gasteiger partial charge in [-0.25, -0.2) is 4.79 Å². The first-order valence-electron chi connectivity index (χ1n) is 9.50. The van der Waals surface area contributed by atoms with Crippen molar-refractivity contribution in [1.82, 2.24) is 4.90 Å². The van der Waals surface area contributed by atoms with Gasteiger partial charge in [0.05, 0.1) is 5.92 Å². The number of amides is 2. The number of likely N-dealkylation sites (tertiary alicyclic amines) is 1. The number of hydrogen-bond acceptors (Lipinski definition) is 5. The summed E-state index contributed by atoms with van der Waals surface area (Å²) >= 11 is 0. The van der Waals surface area contributed by atoms with Crippen LogP contribution in [0.25, 0.3) is 0 Å². The van der Waals surface area contributed by atoms with Gasteiger partial charge in [0.25, 0.3) is 5.91 Å². The van der Waals surface area contributed by atoms with E-state index in [2.05, 4.69) is 0 Å². The van der Waals surface area contributed by atoms with Crippen LogP contribution in [-0.2, 0) is 24.7 Å². The number of hydrogen-bond donors (Lipinski definition) is 2. The Bertz CT molecular complexity index is 830. The molecule has 0 spiro atoms. The standard InChI is InChI=1S/C22H24N2O5/c23-20(26)16-8-7-13-24(14-16)19(25)15-29-21(27)22(28,17-9-3-1-4-10-17)18-11-5-2-6-12-18/h1-6,9-12,16,28H,7-8,13-15H2,(H2,23,26)/t16-/m1/s1. The molecule has 7 heteroatoms. The van der Waals surface area contributed by atoms with Crippen LogP contribution in [0.1, 0.15) is 24.0 Å². The van der Waals surface area contributed by atoms with Gasteiger partial charge in [0.15, 0.2) is 6.61 Å². The monoisotopic (exact) mass is 396 g/mol. The molecule has 1 aliphatic rings. The predicted octanol–water partition coefficient (Wildman–Crippen LogP) is 1.19. The Labute approximate surface area is 169 Å². The largest absolute Gasteiger partial charge is 0.453 e. The molecule has 0 saturated carbocycles. The summed E-state index contributed by atoms with van der Waals surface area (Å²) in [7, 11) is 0. The molecule has 29 heavy (non-hydrogen) atoms. The summed E-state index contributed by atoms with van der Waals surface area (Å²) in [4.78, 5) is 38.3. The van der Waals surface area contributed by atoms with Gasteiger partial charge < -0.3 is 20.5 Å². The second-order valence-electron chi connectivity index (χ2n) is 7.10. The molecule has 2 aromatic rings. The van der Waals surface area contributed by atoms with Crippen LogP contribution in [0.2, 0.25) is 0 Å². The van der Waals surface area contributed by atoms with Gasteiger partial charge in [-0.15, -0.1) is 0 Å². The molecule has 1 saturated heterocycles. The number of carbonyl (C=O) groups is 3. The van der Waals surface area contributed by atoms with Gasteiger partial charge in [0.2, 0.25) is 11.5 Å². The van der Waals surface area contributed by atoms with Crippen LogP contribution in [0, 0.1) is 5.92 Å². The van der Waals surface area contributed by atoms with Gasteiger partial charge in [-0.05, 0) is 24.0 Å². The summed E-state index contributed by atoms with van der Waals surface area (Å²) in [5.74, 6) is -2.20. The third kappa shape index (κ3) is 4.46. The molecule has 3 rings (SSSR count). The van der Waals surface area contributed by atoms with E-state index in [1.807, 2.05) is 0 Å². The van der Waals surface area contributed by atoms with Gasteiger partial charge in [0, 0.05) is 13.1 Å². The minimum atomic E-state index is -2.04. The van der Waals surface area contributed by atoms with Crippen LogP contribution in [-0.4, -0.2) is 47.5 Å². The molecule has 1 aliphatic heterocycles. The van der Waals surface area contributed by atoms with Gasteiger partial charge in [-0.3, -0.25) is 9.59 Å². The number of esters is 1. The second-order valence-corrected chi connectivity index (χ2v) is 7.10. The van der Waals surface area contributed by atoms with E-state index in [0.29, 0.717) is 30.5 Å². The molecule has 1 atom stereocenters. The average Bonchev–Trinajstić information content (AvgIpc) is 2.77. The Morgan fingerprint density at radius 3 is 2.10 bits per heavy atom. The van der Waals surface area contributed by atoms with E-state index >= 15 is 0 Å². The molecule has 0 bridgehead atoms. The van der Waals surface area contributed by atoms with E-state index in [0.717, 1.165) is 0 Å². The van der Waals surface area contributed by atoms with Crippen LogP contribution in [0.15, 0.2) is 60.7 Å². The van der Waals surface area contributed by atoms with Crippen LogP contribution in [0.5, 0.6) is 0 Å². The third-order valence-corrected chi connectivity index (χ3v) is 5.18. The normalized spacial score (nSPS) is 16.9. The number of rotatable bonds is 6. The fourth-order valence-electron chi connectivity index (χ4n) is 3.52. The molecule has 2 amide bonds. The topological polar surface area (TPSA) is 110 Å². The molecule has 3 N–H and O–H groups in total. The number of ether oxygens (including phenoxy) is 1. The molecule has 0 aliphatic carbocycles. The molecular weight excluding hydrogens is 372 g/mol. The highest BCUT2D eigenvalue weighted by Gasteiger charge is 2.42. The second kappa shape index (κ2) is 8.87. The molecule has 0 unspecified atom stereocenters. The number of carbonyl (C=O) groups excluding carboxylic acids is 3. The third-order valence-electron chi connectivity index (χ3n) is 5.18. The number of primary amides is 1. The SMILES string of the molecule is NC(=O)[C@@H]1CCCN(C(=O)COC(=O)C(O)(c2ccccc2)c2ccccc2)C1. The van der Waals surface area contributed by atoms with Crippen molar-refractivity contribution < 1.29 is 24.2 Å². The summed E-state index contributed by atoms with van der Waals surface area (Å²) in [6.07, 6.45) is 1.30. The lowest BCUT2D eigenvalue weighted by molar-refractivity contribution is -0.167. The number of benzene rings is 2. The summed E-state index contributed by atoms with van der Waals surface area (Å²) in [6.45, 7) is 0.168. The molecule has 0 radical (unpaired) electrons. The fraction of sp³-hybridized carbons (Fsp3) is 0.318. The fourth-order valence-corrected chi connectivity index (χ4v) is 3.52. The summed E-state index contributed by atoms with van der Waals surface area (Å²) in [5.41, 5.74) is 3.99. The Morgan fingerprint density at radius 2 is 1.59 bits per heavy atom. The Hall–Kier alpha value is -3.19. The number of aliphatic hydroxyl groups is 1. The van der Waals surface area contributed by atoms with Crippen molar-refractivity contribution in [3.05, 3.63) is 71.8 Å². The van der Waals surface area contributed by atoms with E-state index in [-0.39, 0.29) is 6.54 Å². The van der Waals surface area contributed by atoms with Crippen LogP contribution >= 0.6 is 0 Å². The highest BCUT2D eigenvalue weighted by molar-refractivity contribution is 5.88. The lowest BCUT2D eigenvalue weighted by Gasteiger charge is -2.32. The molecule has 7 nitrogen and oxygen atoms in total. The quantitative estimate of drug-likeness (QED) is 0.713. The summed E-state index contributed by atoms with van der Waals surface area (Å²) < 4.78 is 5.23. The Morgan fingerprint density at radius 1 is 1.03 bits per heavy atom. The van der Waals surface area contributed by atoms with Gasteiger partial charge in [0.1, 0.15) is 0 Å². The smallest absolute Gasteiger partial charge is 0.348 e. The van der Waals surface area contributed by atoms with E-state index in [9.17, 15) is 19.5 Å². The van der Waals surface area contributed by atoms with Crippen molar-refractivity contribution in [3.8, 4) is 0 Å². The Kier molecular flexibility index (Phi) is 6.29. The first-order chi connectivity index (χ1) is 13.9. The molecule has 2 aromatic carbocycles. The zero-order valence-corrected chi connectivity index (χ0v) is 16.0. The lowest BCUT2D eigenvalue weighted by atomic mass is 9.86. The number of piperidine rings is 1. The van der Waals surface area contributed by atoms with Crippen LogP contribution < -0.4 is 5.73 Å². The minimum Gasteiger partial charge on any atom is -0.453 e. The molecular formula is C22H24N2O5. The van der Waals surface area contributed by atoms with Crippen molar-refractivity contribution in [2.75, 3.05) is 19.7 Å². The van der Waals surface area contributed by atoms with Crippen molar-refractivity contribution in [2.24, 2.45) is 11.7 Å². The lowest BCUT2D eigenvalue weighted by Crippen LogP contribution is -2.46. The molecule has 152 valence electrons. The zero-order chi connectivity index (χ0) is 20.9. The van der Waals surface area contributed by atoms with Crippen molar-refractivity contribution in [2.45, 2.75) is 18.4 Å². The predicted molar refractivity (Wildman–Crippen MR) is 105 cm³/mol.